The summed E-state index contributed by atoms with van der Waals surface area (Å²) in [4.78, 5) is 37.1. The lowest BCUT2D eigenvalue weighted by Gasteiger charge is -2.27. The SMILES string of the molecule is Cc1ccccc1NC(=O)[C@H](C)SC1=Nc2ccccc2C2=N[C@H](CC(C)C)C(=O)N12. The van der Waals surface area contributed by atoms with E-state index in [2.05, 4.69) is 19.2 Å². The Morgan fingerprint density at radius 1 is 1.13 bits per heavy atom. The van der Waals surface area contributed by atoms with Crippen LogP contribution in [0.15, 0.2) is 58.5 Å². The van der Waals surface area contributed by atoms with E-state index in [4.69, 9.17) is 9.98 Å². The second-order valence-corrected chi connectivity index (χ2v) is 9.56. The van der Waals surface area contributed by atoms with Gasteiger partial charge >= 0.3 is 0 Å². The number of carbonyl (C=O) groups is 2. The molecule has 4 rings (SSSR count). The molecule has 0 aromatic heterocycles. The van der Waals surface area contributed by atoms with Crippen molar-refractivity contribution in [2.45, 2.75) is 45.4 Å². The van der Waals surface area contributed by atoms with Crippen molar-refractivity contribution in [3.8, 4) is 0 Å². The van der Waals surface area contributed by atoms with Crippen molar-refractivity contribution in [1.82, 2.24) is 4.90 Å². The molecule has 7 heteroatoms. The molecule has 2 amide bonds. The molecule has 0 fully saturated rings. The standard InChI is InChI=1S/C24H26N4O2S/c1-14(2)13-20-23(30)28-21(25-20)17-10-6-8-12-19(17)27-24(28)31-16(4)22(29)26-18-11-7-5-9-15(18)3/h5-12,14,16,20H,13H2,1-4H3,(H,26,29)/t16-,20+/m0/s1. The van der Waals surface area contributed by atoms with E-state index in [9.17, 15) is 9.59 Å². The van der Waals surface area contributed by atoms with Crippen LogP contribution in [0.2, 0.25) is 0 Å². The van der Waals surface area contributed by atoms with E-state index < -0.39 is 11.3 Å². The summed E-state index contributed by atoms with van der Waals surface area (Å²) in [6.07, 6.45) is 0.683. The molecule has 0 saturated heterocycles. The van der Waals surface area contributed by atoms with Crippen LogP contribution in [0.1, 0.15) is 38.3 Å². The van der Waals surface area contributed by atoms with Crippen LogP contribution in [-0.4, -0.2) is 39.0 Å². The Hall–Kier alpha value is -2.93. The van der Waals surface area contributed by atoms with Crippen molar-refractivity contribution in [2.24, 2.45) is 15.9 Å². The molecule has 0 saturated carbocycles. The Morgan fingerprint density at radius 3 is 2.58 bits per heavy atom. The molecule has 2 aliphatic rings. The first-order valence-electron chi connectivity index (χ1n) is 10.5. The van der Waals surface area contributed by atoms with Crippen LogP contribution in [0, 0.1) is 12.8 Å². The van der Waals surface area contributed by atoms with Gasteiger partial charge in [0.25, 0.3) is 5.91 Å². The number of aliphatic imine (C=N–C) groups is 2. The summed E-state index contributed by atoms with van der Waals surface area (Å²) in [5.41, 5.74) is 3.40. The second-order valence-electron chi connectivity index (χ2n) is 8.25. The highest BCUT2D eigenvalue weighted by Crippen LogP contribution is 2.35. The fourth-order valence-electron chi connectivity index (χ4n) is 3.64. The maximum atomic E-state index is 13.2. The number of para-hydroxylation sites is 2. The Balaban J connectivity index is 1.60. The third-order valence-electron chi connectivity index (χ3n) is 5.30. The molecule has 0 spiro atoms. The molecule has 6 nitrogen and oxygen atoms in total. The molecule has 160 valence electrons. The Labute approximate surface area is 186 Å². The van der Waals surface area contributed by atoms with Crippen molar-refractivity contribution >= 4 is 46.0 Å². The summed E-state index contributed by atoms with van der Waals surface area (Å²) in [5, 5.41) is 3.03. The summed E-state index contributed by atoms with van der Waals surface area (Å²) in [6.45, 7) is 7.95. The van der Waals surface area contributed by atoms with Gasteiger partial charge in [0, 0.05) is 11.3 Å². The molecule has 2 aliphatic heterocycles. The number of nitrogens with zero attached hydrogens (tertiary/aromatic N) is 3. The van der Waals surface area contributed by atoms with Gasteiger partial charge in [0.2, 0.25) is 5.91 Å². The van der Waals surface area contributed by atoms with Gasteiger partial charge in [-0.2, -0.15) is 0 Å². The van der Waals surface area contributed by atoms with Crippen molar-refractivity contribution in [1.29, 1.82) is 0 Å². The average molecular weight is 435 g/mol. The van der Waals surface area contributed by atoms with Crippen LogP contribution in [0.5, 0.6) is 0 Å². The number of benzene rings is 2. The monoisotopic (exact) mass is 434 g/mol. The lowest BCUT2D eigenvalue weighted by Crippen LogP contribution is -2.42. The Morgan fingerprint density at radius 2 is 1.84 bits per heavy atom. The van der Waals surface area contributed by atoms with Crippen LogP contribution in [0.4, 0.5) is 11.4 Å². The zero-order chi connectivity index (χ0) is 22.1. The van der Waals surface area contributed by atoms with Crippen molar-refractivity contribution < 1.29 is 9.59 Å². The zero-order valence-corrected chi connectivity index (χ0v) is 18.9. The minimum absolute atomic E-state index is 0.0732. The van der Waals surface area contributed by atoms with Crippen LogP contribution in [0.3, 0.4) is 0 Å². The van der Waals surface area contributed by atoms with E-state index in [1.54, 1.807) is 4.90 Å². The zero-order valence-electron chi connectivity index (χ0n) is 18.1. The minimum Gasteiger partial charge on any atom is -0.325 e. The van der Waals surface area contributed by atoms with Gasteiger partial charge in [-0.3, -0.25) is 14.6 Å². The first-order valence-corrected chi connectivity index (χ1v) is 11.4. The topological polar surface area (TPSA) is 74.1 Å². The molecule has 1 N–H and O–H groups in total. The number of amidine groups is 2. The molecule has 0 radical (unpaired) electrons. The average Bonchev–Trinajstić information content (AvgIpc) is 3.06. The van der Waals surface area contributed by atoms with Gasteiger partial charge < -0.3 is 5.32 Å². The van der Waals surface area contributed by atoms with Crippen LogP contribution >= 0.6 is 11.8 Å². The summed E-state index contributed by atoms with van der Waals surface area (Å²) in [6, 6.07) is 14.9. The largest absolute Gasteiger partial charge is 0.325 e. The highest BCUT2D eigenvalue weighted by atomic mass is 32.2. The van der Waals surface area contributed by atoms with E-state index in [1.165, 1.54) is 11.8 Å². The minimum atomic E-state index is -0.443. The van der Waals surface area contributed by atoms with Crippen molar-refractivity contribution in [2.75, 3.05) is 5.32 Å². The van der Waals surface area contributed by atoms with E-state index in [0.717, 1.165) is 22.5 Å². The van der Waals surface area contributed by atoms with E-state index in [1.807, 2.05) is 62.4 Å². The molecule has 0 aliphatic carbocycles. The quantitative estimate of drug-likeness (QED) is 0.737. The number of thioether (sulfide) groups is 1. The number of fused-ring (bicyclic) bond motifs is 3. The van der Waals surface area contributed by atoms with Crippen LogP contribution in [0.25, 0.3) is 0 Å². The first kappa shape index (κ1) is 21.3. The van der Waals surface area contributed by atoms with Crippen molar-refractivity contribution in [3.05, 3.63) is 59.7 Å². The van der Waals surface area contributed by atoms with E-state index in [0.29, 0.717) is 23.3 Å². The number of hydrogen-bond acceptors (Lipinski definition) is 5. The number of anilines is 1. The summed E-state index contributed by atoms with van der Waals surface area (Å²) >= 11 is 1.28. The van der Waals surface area contributed by atoms with E-state index in [-0.39, 0.29) is 11.8 Å². The molecule has 2 aromatic rings. The number of amides is 2. The summed E-state index contributed by atoms with van der Waals surface area (Å²) in [5.74, 6) is 0.776. The molecule has 0 bridgehead atoms. The molecule has 2 atom stereocenters. The van der Waals surface area contributed by atoms with Gasteiger partial charge in [-0.1, -0.05) is 55.9 Å². The van der Waals surface area contributed by atoms with Gasteiger partial charge in [0.1, 0.15) is 11.9 Å². The van der Waals surface area contributed by atoms with Crippen LogP contribution in [-0.2, 0) is 9.59 Å². The van der Waals surface area contributed by atoms with Gasteiger partial charge in [-0.05, 0) is 49.9 Å². The van der Waals surface area contributed by atoms with Gasteiger partial charge in [-0.15, -0.1) is 0 Å². The third-order valence-corrected chi connectivity index (χ3v) is 6.35. The van der Waals surface area contributed by atoms with Gasteiger partial charge in [-0.25, -0.2) is 9.89 Å². The number of carbonyl (C=O) groups excluding carboxylic acids is 2. The third kappa shape index (κ3) is 4.28. The number of rotatable bonds is 5. The number of nitrogens with one attached hydrogen (secondary N) is 1. The maximum Gasteiger partial charge on any atom is 0.259 e. The second kappa shape index (κ2) is 8.67. The van der Waals surface area contributed by atoms with Crippen LogP contribution < -0.4 is 5.32 Å². The van der Waals surface area contributed by atoms with Gasteiger partial charge in [0.15, 0.2) is 5.17 Å². The molecular weight excluding hydrogens is 408 g/mol. The van der Waals surface area contributed by atoms with Crippen molar-refractivity contribution in [3.63, 3.8) is 0 Å². The fraction of sp³-hybridized carbons (Fsp3) is 0.333. The molecule has 2 heterocycles. The lowest BCUT2D eigenvalue weighted by atomic mass is 10.0. The van der Waals surface area contributed by atoms with Gasteiger partial charge in [0.05, 0.1) is 10.9 Å². The number of aryl methyl sites for hydroxylation is 1. The highest BCUT2D eigenvalue weighted by Gasteiger charge is 2.42. The smallest absolute Gasteiger partial charge is 0.259 e. The Kier molecular flexibility index (Phi) is 5.96. The predicted octanol–water partition coefficient (Wildman–Crippen LogP) is 4.76. The lowest BCUT2D eigenvalue weighted by molar-refractivity contribution is -0.125. The Bertz CT molecular complexity index is 1090. The highest BCUT2D eigenvalue weighted by molar-refractivity contribution is 8.15. The molecule has 2 aromatic carbocycles. The summed E-state index contributed by atoms with van der Waals surface area (Å²) in [7, 11) is 0. The molecule has 31 heavy (non-hydrogen) atoms. The first-order chi connectivity index (χ1) is 14.8. The maximum absolute atomic E-state index is 13.2. The van der Waals surface area contributed by atoms with E-state index >= 15 is 0 Å². The number of hydrogen-bond donors (Lipinski definition) is 1. The molecular formula is C24H26N4O2S. The predicted molar refractivity (Wildman–Crippen MR) is 127 cm³/mol. The fourth-order valence-corrected chi connectivity index (χ4v) is 4.56. The molecule has 0 unspecified atom stereocenters. The normalized spacial score (nSPS) is 18.3. The summed E-state index contributed by atoms with van der Waals surface area (Å²) < 4.78 is 0.